The third-order valence-electron chi connectivity index (χ3n) is 4.30. The summed E-state index contributed by atoms with van der Waals surface area (Å²) in [5.41, 5.74) is 0. The first-order valence-electron chi connectivity index (χ1n) is 11.8. The van der Waals surface area contributed by atoms with Crippen LogP contribution >= 0.6 is 0 Å². The summed E-state index contributed by atoms with van der Waals surface area (Å²) < 4.78 is 47.7. The molecule has 0 radical (unpaired) electrons. The van der Waals surface area contributed by atoms with Crippen LogP contribution in [0.3, 0.4) is 0 Å². The Morgan fingerprint density at radius 3 is 1.29 bits per heavy atom. The van der Waals surface area contributed by atoms with Gasteiger partial charge in [-0.25, -0.2) is 4.79 Å². The number of nitrogens with one attached hydrogen (secondary N) is 1. The second kappa shape index (κ2) is 28.1. The van der Waals surface area contributed by atoms with E-state index in [1.54, 1.807) is 14.2 Å². The van der Waals surface area contributed by atoms with Gasteiger partial charge < -0.3 is 47.9 Å². The molecule has 12 nitrogen and oxygen atoms in total. The zero-order chi connectivity index (χ0) is 25.0. The Hall–Kier alpha value is -1.09. The van der Waals surface area contributed by atoms with Gasteiger partial charge in [-0.2, -0.15) is 0 Å². The minimum absolute atomic E-state index is 0.316. The van der Waals surface area contributed by atoms with Gasteiger partial charge in [0.1, 0.15) is 6.61 Å². The van der Waals surface area contributed by atoms with Gasteiger partial charge in [-0.05, 0) is 0 Å². The lowest BCUT2D eigenvalue weighted by atomic mass is 10.4. The molecule has 0 aromatic heterocycles. The number of carbonyl (C=O) groups is 1. The van der Waals surface area contributed by atoms with Gasteiger partial charge in [-0.3, -0.25) is 4.90 Å². The molecule has 0 bridgehead atoms. The number of rotatable bonds is 27. The summed E-state index contributed by atoms with van der Waals surface area (Å²) in [5, 5.41) is 2.42. The van der Waals surface area contributed by atoms with Gasteiger partial charge in [0.15, 0.2) is 0 Å². The maximum absolute atomic E-state index is 11.1. The molecule has 0 spiro atoms. The van der Waals surface area contributed by atoms with Crippen molar-refractivity contribution >= 4 is 6.09 Å². The van der Waals surface area contributed by atoms with Crippen LogP contribution in [0.4, 0.5) is 4.79 Å². The summed E-state index contributed by atoms with van der Waals surface area (Å²) in [5.74, 6) is 0. The normalized spacial score (nSPS) is 11.3. The van der Waals surface area contributed by atoms with Crippen molar-refractivity contribution in [2.75, 3.05) is 140 Å². The quantitative estimate of drug-likeness (QED) is 0.155. The van der Waals surface area contributed by atoms with Crippen molar-refractivity contribution in [3.05, 3.63) is 0 Å². The summed E-state index contributed by atoms with van der Waals surface area (Å²) in [4.78, 5) is 13.2. The largest absolute Gasteiger partial charge is 0.448 e. The van der Waals surface area contributed by atoms with Crippen molar-refractivity contribution in [2.24, 2.45) is 0 Å². The second-order valence-corrected chi connectivity index (χ2v) is 6.89. The highest BCUT2D eigenvalue weighted by Crippen LogP contribution is 1.92. The Labute approximate surface area is 204 Å². The SMILES string of the molecule is CNC(=O)OCCN(CCOC)CCOCCOCCOCCOCCOCCOCCOC. The highest BCUT2D eigenvalue weighted by molar-refractivity contribution is 5.66. The number of ether oxygens (including phenoxy) is 9. The Morgan fingerprint density at radius 1 is 0.529 bits per heavy atom. The molecule has 0 aromatic carbocycles. The predicted octanol–water partition coefficient (Wildman–Crippen LogP) is 0.0368. The number of hydrogen-bond acceptors (Lipinski definition) is 11. The van der Waals surface area contributed by atoms with Gasteiger partial charge in [0.05, 0.1) is 92.5 Å². The average Bonchev–Trinajstić information content (AvgIpc) is 2.85. The molecule has 0 heterocycles. The molecule has 0 saturated carbocycles. The topological polar surface area (TPSA) is 115 Å². The number of hydrogen-bond donors (Lipinski definition) is 1. The lowest BCUT2D eigenvalue weighted by Crippen LogP contribution is -2.35. The molecule has 0 fully saturated rings. The van der Waals surface area contributed by atoms with Crippen LogP contribution < -0.4 is 5.32 Å². The minimum Gasteiger partial charge on any atom is -0.448 e. The lowest BCUT2D eigenvalue weighted by molar-refractivity contribution is -0.0199. The van der Waals surface area contributed by atoms with Gasteiger partial charge in [-0.1, -0.05) is 0 Å². The van der Waals surface area contributed by atoms with E-state index < -0.39 is 6.09 Å². The highest BCUT2D eigenvalue weighted by atomic mass is 16.6. The van der Waals surface area contributed by atoms with Gasteiger partial charge in [0, 0.05) is 40.9 Å². The van der Waals surface area contributed by atoms with Crippen LogP contribution in [0.1, 0.15) is 0 Å². The first-order valence-corrected chi connectivity index (χ1v) is 11.8. The molecule has 1 amide bonds. The van der Waals surface area contributed by atoms with Crippen LogP contribution in [0.2, 0.25) is 0 Å². The molecule has 0 aromatic rings. The summed E-state index contributed by atoms with van der Waals surface area (Å²) >= 11 is 0. The summed E-state index contributed by atoms with van der Waals surface area (Å²) in [6.07, 6.45) is -0.433. The number of nitrogens with zero attached hydrogens (tertiary/aromatic N) is 1. The first-order chi connectivity index (χ1) is 16.7. The van der Waals surface area contributed by atoms with Crippen LogP contribution in [-0.2, 0) is 42.6 Å². The fourth-order valence-electron chi connectivity index (χ4n) is 2.43. The standard InChI is InChI=1S/C22H46N2O10/c1-23-22(25)34-9-6-24(4-7-26-2)5-8-28-12-13-30-16-17-32-20-21-33-19-18-31-15-14-29-11-10-27-3/h4-21H2,1-3H3,(H,23,25). The fraction of sp³-hybridized carbons (Fsp3) is 0.955. The smallest absolute Gasteiger partial charge is 0.406 e. The Balaban J connectivity index is 3.35. The fourth-order valence-corrected chi connectivity index (χ4v) is 2.43. The van der Waals surface area contributed by atoms with E-state index in [2.05, 4.69) is 10.2 Å². The molecule has 1 N–H and O–H groups in total. The van der Waals surface area contributed by atoms with Gasteiger partial charge >= 0.3 is 6.09 Å². The van der Waals surface area contributed by atoms with E-state index in [4.69, 9.17) is 42.6 Å². The predicted molar refractivity (Wildman–Crippen MR) is 126 cm³/mol. The Bertz CT molecular complexity index is 421. The lowest BCUT2D eigenvalue weighted by Gasteiger charge is -2.21. The third-order valence-corrected chi connectivity index (χ3v) is 4.30. The average molecular weight is 499 g/mol. The van der Waals surface area contributed by atoms with Crippen molar-refractivity contribution in [2.45, 2.75) is 0 Å². The first kappa shape index (κ1) is 32.9. The van der Waals surface area contributed by atoms with E-state index >= 15 is 0 Å². The van der Waals surface area contributed by atoms with Crippen LogP contribution in [0.5, 0.6) is 0 Å². The molecule has 0 aliphatic rings. The van der Waals surface area contributed by atoms with E-state index in [-0.39, 0.29) is 0 Å². The van der Waals surface area contributed by atoms with Crippen LogP contribution in [-0.4, -0.2) is 151 Å². The Morgan fingerprint density at radius 2 is 0.882 bits per heavy atom. The van der Waals surface area contributed by atoms with Gasteiger partial charge in [-0.15, -0.1) is 0 Å². The van der Waals surface area contributed by atoms with E-state index in [9.17, 15) is 4.79 Å². The zero-order valence-electron chi connectivity index (χ0n) is 21.3. The van der Waals surface area contributed by atoms with E-state index in [0.29, 0.717) is 106 Å². The van der Waals surface area contributed by atoms with Crippen molar-refractivity contribution in [1.82, 2.24) is 10.2 Å². The van der Waals surface area contributed by atoms with E-state index in [1.807, 2.05) is 0 Å². The number of carbonyl (C=O) groups excluding carboxylic acids is 1. The molecule has 0 unspecified atom stereocenters. The van der Waals surface area contributed by atoms with Crippen molar-refractivity contribution < 1.29 is 47.4 Å². The molecule has 12 heteroatoms. The minimum atomic E-state index is -0.433. The van der Waals surface area contributed by atoms with Crippen molar-refractivity contribution in [1.29, 1.82) is 0 Å². The van der Waals surface area contributed by atoms with Gasteiger partial charge in [0.25, 0.3) is 0 Å². The van der Waals surface area contributed by atoms with Crippen LogP contribution in [0.25, 0.3) is 0 Å². The maximum Gasteiger partial charge on any atom is 0.406 e. The molecule has 0 saturated heterocycles. The monoisotopic (exact) mass is 498 g/mol. The molecule has 34 heavy (non-hydrogen) atoms. The van der Waals surface area contributed by atoms with Gasteiger partial charge in [0.2, 0.25) is 0 Å². The Kier molecular flexibility index (Phi) is 27.2. The summed E-state index contributed by atoms with van der Waals surface area (Å²) in [6, 6.07) is 0. The molecule has 0 rings (SSSR count). The van der Waals surface area contributed by atoms with E-state index in [0.717, 1.165) is 13.1 Å². The molecule has 0 aliphatic carbocycles. The molecule has 204 valence electrons. The highest BCUT2D eigenvalue weighted by Gasteiger charge is 2.06. The second-order valence-electron chi connectivity index (χ2n) is 6.89. The number of methoxy groups -OCH3 is 2. The molecule has 0 atom stereocenters. The van der Waals surface area contributed by atoms with Crippen molar-refractivity contribution in [3.63, 3.8) is 0 Å². The van der Waals surface area contributed by atoms with Crippen molar-refractivity contribution in [3.8, 4) is 0 Å². The van der Waals surface area contributed by atoms with E-state index in [1.165, 1.54) is 7.05 Å². The van der Waals surface area contributed by atoms with Crippen LogP contribution in [0, 0.1) is 0 Å². The maximum atomic E-state index is 11.1. The van der Waals surface area contributed by atoms with Crippen LogP contribution in [0.15, 0.2) is 0 Å². The summed E-state index contributed by atoms with van der Waals surface area (Å²) in [7, 11) is 4.83. The molecular formula is C22H46N2O10. The number of amides is 1. The summed E-state index contributed by atoms with van der Waals surface area (Å²) in [6.45, 7) is 9.96. The molecular weight excluding hydrogens is 452 g/mol. The third kappa shape index (κ3) is 25.5. The zero-order valence-corrected chi connectivity index (χ0v) is 21.3. The molecule has 0 aliphatic heterocycles. The number of alkyl carbamates (subject to hydrolysis) is 1.